The van der Waals surface area contributed by atoms with E-state index in [-0.39, 0.29) is 12.8 Å². The maximum absolute atomic E-state index is 13.1. The van der Waals surface area contributed by atoms with Gasteiger partial charge in [-0.3, -0.25) is 4.79 Å². The van der Waals surface area contributed by atoms with Gasteiger partial charge >= 0.3 is 5.97 Å². The smallest absolute Gasteiger partial charge is 0.326 e. The minimum Gasteiger partial charge on any atom is -0.480 e. The first-order chi connectivity index (χ1) is 14.8. The van der Waals surface area contributed by atoms with Crippen LogP contribution in [0.1, 0.15) is 31.9 Å². The summed E-state index contributed by atoms with van der Waals surface area (Å²) in [5, 5.41) is 12.0. The summed E-state index contributed by atoms with van der Waals surface area (Å²) in [6, 6.07) is 9.21. The Morgan fingerprint density at radius 3 is 1.91 bits per heavy atom. The number of carboxylic acid groups (broad SMARTS) is 1. The van der Waals surface area contributed by atoms with Gasteiger partial charge in [0.25, 0.3) is 0 Å². The Labute approximate surface area is 187 Å². The minimum absolute atomic E-state index is 0.00961. The van der Waals surface area contributed by atoms with Gasteiger partial charge in [0, 0.05) is 12.1 Å². The number of hydrogen-bond donors (Lipinski definition) is 4. The molecular formula is C22H28FN3O5S. The van der Waals surface area contributed by atoms with Crippen LogP contribution in [-0.2, 0) is 32.5 Å². The van der Waals surface area contributed by atoms with Crippen molar-refractivity contribution in [3.8, 4) is 0 Å². The quantitative estimate of drug-likeness (QED) is 0.417. The van der Waals surface area contributed by atoms with E-state index in [9.17, 15) is 27.5 Å². The number of anilines is 1. The summed E-state index contributed by atoms with van der Waals surface area (Å²) in [4.78, 5) is 24.7. The van der Waals surface area contributed by atoms with Gasteiger partial charge in [0.1, 0.15) is 17.9 Å². The number of rotatable bonds is 9. The fourth-order valence-electron chi connectivity index (χ4n) is 2.77. The van der Waals surface area contributed by atoms with Gasteiger partial charge in [0.05, 0.1) is 4.75 Å². The number of hydrogen-bond acceptors (Lipinski definition) is 5. The summed E-state index contributed by atoms with van der Waals surface area (Å²) in [7, 11) is -3.91. The number of carbonyl (C=O) groups is 2. The molecule has 10 heteroatoms. The monoisotopic (exact) mass is 465 g/mol. The van der Waals surface area contributed by atoms with Crippen LogP contribution in [-0.4, -0.2) is 42.2 Å². The number of nitrogens with one attached hydrogen (secondary N) is 2. The highest BCUT2D eigenvalue weighted by molar-refractivity contribution is 7.90. The van der Waals surface area contributed by atoms with E-state index in [1.807, 2.05) is 0 Å². The fourth-order valence-corrected chi connectivity index (χ4v) is 3.69. The summed E-state index contributed by atoms with van der Waals surface area (Å²) < 4.78 is 39.7. The highest BCUT2D eigenvalue weighted by atomic mass is 32.2. The van der Waals surface area contributed by atoms with Crippen LogP contribution in [0.2, 0.25) is 0 Å². The van der Waals surface area contributed by atoms with Crippen LogP contribution in [0.5, 0.6) is 0 Å². The van der Waals surface area contributed by atoms with Crippen LogP contribution < -0.4 is 15.8 Å². The highest BCUT2D eigenvalue weighted by Crippen LogP contribution is 2.16. The van der Waals surface area contributed by atoms with E-state index in [2.05, 4.69) is 10.0 Å². The van der Waals surface area contributed by atoms with Crippen molar-refractivity contribution >= 4 is 27.6 Å². The molecule has 0 aliphatic heterocycles. The standard InChI is InChI=1S/C22H28FN3O5S/c1-22(2,3)32(30,31)26-18(12-15-6-10-17(24)11-7-15)20(27)25-19(21(28)29)13-14-4-8-16(23)9-5-14/h4-11,18-19,26H,12-13,24H2,1-3H3,(H,25,27)(H,28,29). The number of amides is 1. The molecule has 1 amide bonds. The van der Waals surface area contributed by atoms with Crippen molar-refractivity contribution in [3.63, 3.8) is 0 Å². The third-order valence-corrected chi connectivity index (χ3v) is 7.01. The Morgan fingerprint density at radius 2 is 1.44 bits per heavy atom. The predicted molar refractivity (Wildman–Crippen MR) is 120 cm³/mol. The molecular weight excluding hydrogens is 437 g/mol. The lowest BCUT2D eigenvalue weighted by atomic mass is 10.0. The largest absolute Gasteiger partial charge is 0.480 e. The maximum Gasteiger partial charge on any atom is 0.326 e. The third-order valence-electron chi connectivity index (χ3n) is 4.81. The molecule has 0 radical (unpaired) electrons. The molecule has 32 heavy (non-hydrogen) atoms. The van der Waals surface area contributed by atoms with Crippen LogP contribution in [0.15, 0.2) is 48.5 Å². The molecule has 0 spiro atoms. The Bertz CT molecular complexity index is 1050. The molecule has 2 atom stereocenters. The molecule has 0 bridgehead atoms. The first-order valence-corrected chi connectivity index (χ1v) is 11.4. The molecule has 0 saturated carbocycles. The lowest BCUT2D eigenvalue weighted by molar-refractivity contribution is -0.142. The normalized spacial score (nSPS) is 13.9. The molecule has 0 heterocycles. The van der Waals surface area contributed by atoms with Gasteiger partial charge in [-0.05, 0) is 62.6 Å². The number of nitrogens with two attached hydrogens (primary N) is 1. The van der Waals surface area contributed by atoms with Crippen molar-refractivity contribution in [1.82, 2.24) is 10.0 Å². The predicted octanol–water partition coefficient (Wildman–Crippen LogP) is 1.85. The van der Waals surface area contributed by atoms with Gasteiger partial charge in [-0.1, -0.05) is 24.3 Å². The average Bonchev–Trinajstić information content (AvgIpc) is 2.69. The summed E-state index contributed by atoms with van der Waals surface area (Å²) in [5.74, 6) is -2.55. The first-order valence-electron chi connectivity index (χ1n) is 9.92. The second-order valence-corrected chi connectivity index (χ2v) is 10.9. The van der Waals surface area contributed by atoms with Crippen molar-refractivity contribution in [1.29, 1.82) is 0 Å². The van der Waals surface area contributed by atoms with Crippen LogP contribution >= 0.6 is 0 Å². The number of nitrogen functional groups attached to an aromatic ring is 1. The summed E-state index contributed by atoms with van der Waals surface area (Å²) in [5.41, 5.74) is 7.33. The number of sulfonamides is 1. The Morgan fingerprint density at radius 1 is 0.969 bits per heavy atom. The summed E-state index contributed by atoms with van der Waals surface area (Å²) in [6.07, 6.45) is -0.105. The number of aliphatic carboxylic acids is 1. The average molecular weight is 466 g/mol. The lowest BCUT2D eigenvalue weighted by Gasteiger charge is -2.26. The molecule has 2 aromatic rings. The Balaban J connectivity index is 2.26. The van der Waals surface area contributed by atoms with Gasteiger partial charge in [-0.15, -0.1) is 0 Å². The molecule has 2 aromatic carbocycles. The molecule has 174 valence electrons. The van der Waals surface area contributed by atoms with Gasteiger partial charge in [-0.25, -0.2) is 22.3 Å². The van der Waals surface area contributed by atoms with Crippen molar-refractivity contribution in [3.05, 3.63) is 65.5 Å². The molecule has 0 fully saturated rings. The first kappa shape index (κ1) is 25.3. The fraction of sp³-hybridized carbons (Fsp3) is 0.364. The molecule has 5 N–H and O–H groups in total. The highest BCUT2D eigenvalue weighted by Gasteiger charge is 2.35. The summed E-state index contributed by atoms with van der Waals surface area (Å²) >= 11 is 0. The Hall–Kier alpha value is -2.98. The number of carbonyl (C=O) groups excluding carboxylic acids is 1. The topological polar surface area (TPSA) is 139 Å². The van der Waals surface area contributed by atoms with E-state index in [1.165, 1.54) is 45.0 Å². The molecule has 0 saturated heterocycles. The van der Waals surface area contributed by atoms with E-state index < -0.39 is 44.5 Å². The lowest BCUT2D eigenvalue weighted by Crippen LogP contribution is -2.55. The van der Waals surface area contributed by atoms with E-state index in [1.54, 1.807) is 24.3 Å². The van der Waals surface area contributed by atoms with Crippen molar-refractivity contribution < 1.29 is 27.5 Å². The van der Waals surface area contributed by atoms with Crippen LogP contribution in [0.4, 0.5) is 10.1 Å². The zero-order valence-corrected chi connectivity index (χ0v) is 18.9. The zero-order chi connectivity index (χ0) is 24.1. The van der Waals surface area contributed by atoms with E-state index >= 15 is 0 Å². The van der Waals surface area contributed by atoms with Crippen molar-refractivity contribution in [2.75, 3.05) is 5.73 Å². The van der Waals surface area contributed by atoms with Crippen LogP contribution in [0.3, 0.4) is 0 Å². The Kier molecular flexibility index (Phi) is 7.97. The molecule has 8 nitrogen and oxygen atoms in total. The van der Waals surface area contributed by atoms with Crippen molar-refractivity contribution in [2.24, 2.45) is 0 Å². The van der Waals surface area contributed by atoms with E-state index in [0.29, 0.717) is 16.8 Å². The van der Waals surface area contributed by atoms with Gasteiger partial charge in [-0.2, -0.15) is 0 Å². The van der Waals surface area contributed by atoms with Crippen LogP contribution in [0.25, 0.3) is 0 Å². The second-order valence-electron chi connectivity index (χ2n) is 8.46. The zero-order valence-electron chi connectivity index (χ0n) is 18.1. The van der Waals surface area contributed by atoms with Gasteiger partial charge < -0.3 is 16.2 Å². The maximum atomic E-state index is 13.1. The number of halogens is 1. The van der Waals surface area contributed by atoms with Gasteiger partial charge in [0.2, 0.25) is 15.9 Å². The molecule has 0 aromatic heterocycles. The van der Waals surface area contributed by atoms with Crippen molar-refractivity contribution in [2.45, 2.75) is 50.4 Å². The molecule has 0 aliphatic rings. The summed E-state index contributed by atoms with van der Waals surface area (Å²) in [6.45, 7) is 4.46. The molecule has 0 aliphatic carbocycles. The van der Waals surface area contributed by atoms with E-state index in [0.717, 1.165) is 0 Å². The SMILES string of the molecule is CC(C)(C)S(=O)(=O)NC(Cc1ccc(N)cc1)C(=O)NC(Cc1ccc(F)cc1)C(=O)O. The third kappa shape index (κ3) is 7.03. The van der Waals surface area contributed by atoms with Crippen LogP contribution in [0, 0.1) is 5.82 Å². The second kappa shape index (κ2) is 10.1. The minimum atomic E-state index is -3.91. The van der Waals surface area contributed by atoms with Gasteiger partial charge in [0.15, 0.2) is 0 Å². The molecule has 2 rings (SSSR count). The van der Waals surface area contributed by atoms with E-state index in [4.69, 9.17) is 5.73 Å². The number of benzene rings is 2. The molecule has 2 unspecified atom stereocenters. The number of carboxylic acids is 1.